The van der Waals surface area contributed by atoms with Crippen LogP contribution in [0.3, 0.4) is 0 Å². The quantitative estimate of drug-likeness (QED) is 0.710. The van der Waals surface area contributed by atoms with Gasteiger partial charge in [-0.1, -0.05) is 0 Å². The minimum atomic E-state index is -1.26. The summed E-state index contributed by atoms with van der Waals surface area (Å²) in [5.74, 6) is -2.52. The highest BCUT2D eigenvalue weighted by molar-refractivity contribution is 5.95. The first-order chi connectivity index (χ1) is 9.97. The maximum Gasteiger partial charge on any atom is 0.326 e. The van der Waals surface area contributed by atoms with E-state index < -0.39 is 23.9 Å². The van der Waals surface area contributed by atoms with E-state index in [9.17, 15) is 14.4 Å². The van der Waals surface area contributed by atoms with Crippen LogP contribution in [0.2, 0.25) is 0 Å². The van der Waals surface area contributed by atoms with E-state index in [2.05, 4.69) is 15.0 Å². The van der Waals surface area contributed by atoms with Crippen molar-refractivity contribution in [1.29, 1.82) is 5.26 Å². The third-order valence-electron chi connectivity index (χ3n) is 2.59. The number of amides is 1. The molecule has 1 rings (SSSR count). The van der Waals surface area contributed by atoms with Crippen molar-refractivity contribution in [2.24, 2.45) is 0 Å². The number of nitriles is 1. The molecule has 1 aromatic rings. The van der Waals surface area contributed by atoms with Gasteiger partial charge in [0.15, 0.2) is 0 Å². The van der Waals surface area contributed by atoms with Gasteiger partial charge in [-0.05, 0) is 18.6 Å². The van der Waals surface area contributed by atoms with Crippen LogP contribution in [0.4, 0.5) is 0 Å². The first kappa shape index (κ1) is 16.1. The number of carbonyl (C=O) groups excluding carboxylic acids is 2. The summed E-state index contributed by atoms with van der Waals surface area (Å²) < 4.78 is 4.41. The highest BCUT2D eigenvalue weighted by Gasteiger charge is 2.22. The lowest BCUT2D eigenvalue weighted by Gasteiger charge is -2.13. The number of hydrogen-bond acceptors (Lipinski definition) is 6. The first-order valence-electron chi connectivity index (χ1n) is 5.94. The Bertz CT molecular complexity index is 576. The number of nitrogens with one attached hydrogen (secondary N) is 1. The predicted octanol–water partition coefficient (Wildman–Crippen LogP) is 0.0895. The van der Waals surface area contributed by atoms with Crippen molar-refractivity contribution < 1.29 is 24.2 Å². The molecule has 0 bridgehead atoms. The fourth-order valence-corrected chi connectivity index (χ4v) is 1.45. The van der Waals surface area contributed by atoms with Crippen molar-refractivity contribution >= 4 is 17.8 Å². The van der Waals surface area contributed by atoms with Gasteiger partial charge in [0.1, 0.15) is 17.8 Å². The Morgan fingerprint density at radius 3 is 2.67 bits per heavy atom. The standard InChI is InChI=1S/C13H13N3O5/c1-21-11(17)5-4-10(13(19)20)16-12(18)9-3-2-8(6-14)7-15-9/h2-3,7,10H,4-5H2,1H3,(H,16,18)(H,19,20). The fourth-order valence-electron chi connectivity index (χ4n) is 1.45. The Balaban J connectivity index is 2.69. The minimum absolute atomic E-state index is 0.0154. The number of carboxylic acids is 1. The molecule has 1 aromatic heterocycles. The molecule has 0 aliphatic heterocycles. The SMILES string of the molecule is COC(=O)CCC(NC(=O)c1ccc(C#N)cn1)C(=O)O. The Morgan fingerprint density at radius 1 is 1.48 bits per heavy atom. The number of ether oxygens (including phenoxy) is 1. The van der Waals surface area contributed by atoms with Crippen molar-refractivity contribution in [3.05, 3.63) is 29.6 Å². The topological polar surface area (TPSA) is 129 Å². The average molecular weight is 291 g/mol. The van der Waals surface area contributed by atoms with Crippen molar-refractivity contribution in [1.82, 2.24) is 10.3 Å². The van der Waals surface area contributed by atoms with Crippen LogP contribution in [0, 0.1) is 11.3 Å². The zero-order valence-corrected chi connectivity index (χ0v) is 11.2. The molecule has 2 N–H and O–H groups in total. The summed E-state index contributed by atoms with van der Waals surface area (Å²) in [5.41, 5.74) is 0.269. The van der Waals surface area contributed by atoms with Gasteiger partial charge in [0.25, 0.3) is 5.91 Å². The summed E-state index contributed by atoms with van der Waals surface area (Å²) in [5, 5.41) is 19.9. The summed E-state index contributed by atoms with van der Waals surface area (Å²) in [7, 11) is 1.19. The van der Waals surface area contributed by atoms with E-state index in [0.717, 1.165) is 0 Å². The summed E-state index contributed by atoms with van der Waals surface area (Å²) in [4.78, 5) is 37.6. The number of carbonyl (C=O) groups is 3. The summed E-state index contributed by atoms with van der Waals surface area (Å²) in [6.45, 7) is 0. The molecule has 0 saturated carbocycles. The van der Waals surface area contributed by atoms with Crippen LogP contribution in [0.5, 0.6) is 0 Å². The number of nitrogens with zero attached hydrogens (tertiary/aromatic N) is 2. The van der Waals surface area contributed by atoms with Crippen LogP contribution in [-0.4, -0.2) is 41.1 Å². The molecule has 1 amide bonds. The van der Waals surface area contributed by atoms with E-state index in [-0.39, 0.29) is 24.1 Å². The smallest absolute Gasteiger partial charge is 0.326 e. The molecule has 0 saturated heterocycles. The van der Waals surface area contributed by atoms with E-state index in [1.807, 2.05) is 6.07 Å². The van der Waals surface area contributed by atoms with E-state index in [0.29, 0.717) is 0 Å². The van der Waals surface area contributed by atoms with E-state index >= 15 is 0 Å². The largest absolute Gasteiger partial charge is 0.480 e. The summed E-state index contributed by atoms with van der Waals surface area (Å²) in [6, 6.07) is 3.33. The van der Waals surface area contributed by atoms with Crippen molar-refractivity contribution in [3.63, 3.8) is 0 Å². The van der Waals surface area contributed by atoms with Gasteiger partial charge >= 0.3 is 11.9 Å². The number of rotatable bonds is 6. The molecule has 0 fully saturated rings. The van der Waals surface area contributed by atoms with Crippen molar-refractivity contribution in [2.45, 2.75) is 18.9 Å². The molecule has 1 unspecified atom stereocenters. The molecular weight excluding hydrogens is 278 g/mol. The average Bonchev–Trinajstić information content (AvgIpc) is 2.50. The normalized spacial score (nSPS) is 11.0. The van der Waals surface area contributed by atoms with Crippen molar-refractivity contribution in [3.8, 4) is 6.07 Å². The van der Waals surface area contributed by atoms with Gasteiger partial charge < -0.3 is 15.2 Å². The predicted molar refractivity (Wildman–Crippen MR) is 69.1 cm³/mol. The number of esters is 1. The third kappa shape index (κ3) is 4.91. The van der Waals surface area contributed by atoms with Crippen LogP contribution in [0.25, 0.3) is 0 Å². The number of carboxylic acid groups (broad SMARTS) is 1. The van der Waals surface area contributed by atoms with Crippen LogP contribution in [0.15, 0.2) is 18.3 Å². The second-order valence-corrected chi connectivity index (χ2v) is 4.02. The monoisotopic (exact) mass is 291 g/mol. The second-order valence-electron chi connectivity index (χ2n) is 4.02. The fraction of sp³-hybridized carbons (Fsp3) is 0.308. The number of aromatic nitrogens is 1. The Morgan fingerprint density at radius 2 is 2.19 bits per heavy atom. The lowest BCUT2D eigenvalue weighted by Crippen LogP contribution is -2.41. The van der Waals surface area contributed by atoms with Gasteiger partial charge in [-0.3, -0.25) is 9.59 Å². The molecule has 1 atom stereocenters. The molecule has 0 radical (unpaired) electrons. The Labute approximate surface area is 120 Å². The van der Waals surface area contributed by atoms with Crippen LogP contribution < -0.4 is 5.32 Å². The van der Waals surface area contributed by atoms with Gasteiger partial charge in [-0.25, -0.2) is 9.78 Å². The molecule has 0 aromatic carbocycles. The van der Waals surface area contributed by atoms with Crippen molar-refractivity contribution in [2.75, 3.05) is 7.11 Å². The van der Waals surface area contributed by atoms with Gasteiger partial charge in [0, 0.05) is 12.6 Å². The van der Waals surface area contributed by atoms with Gasteiger partial charge in [-0.2, -0.15) is 5.26 Å². The molecule has 0 spiro atoms. The molecule has 8 nitrogen and oxygen atoms in total. The van der Waals surface area contributed by atoms with E-state index in [1.165, 1.54) is 25.4 Å². The lowest BCUT2D eigenvalue weighted by atomic mass is 10.1. The number of methoxy groups -OCH3 is 1. The zero-order chi connectivity index (χ0) is 15.8. The van der Waals surface area contributed by atoms with Gasteiger partial charge in [0.05, 0.1) is 12.7 Å². The first-order valence-corrected chi connectivity index (χ1v) is 5.94. The van der Waals surface area contributed by atoms with E-state index in [4.69, 9.17) is 10.4 Å². The minimum Gasteiger partial charge on any atom is -0.480 e. The molecule has 110 valence electrons. The highest BCUT2D eigenvalue weighted by Crippen LogP contribution is 2.03. The third-order valence-corrected chi connectivity index (χ3v) is 2.59. The van der Waals surface area contributed by atoms with E-state index in [1.54, 1.807) is 0 Å². The molecular formula is C13H13N3O5. The number of aliphatic carboxylic acids is 1. The second kappa shape index (κ2) is 7.59. The number of hydrogen-bond donors (Lipinski definition) is 2. The van der Waals surface area contributed by atoms with Crippen LogP contribution in [-0.2, 0) is 14.3 Å². The molecule has 0 aliphatic carbocycles. The maximum absolute atomic E-state index is 11.8. The molecule has 1 heterocycles. The van der Waals surface area contributed by atoms with Gasteiger partial charge in [0.2, 0.25) is 0 Å². The molecule has 0 aliphatic rings. The molecule has 8 heteroatoms. The summed E-state index contributed by atoms with van der Waals surface area (Å²) in [6.07, 6.45) is 0.984. The van der Waals surface area contributed by atoms with Crippen LogP contribution in [0.1, 0.15) is 28.9 Å². The lowest BCUT2D eigenvalue weighted by molar-refractivity contribution is -0.142. The van der Waals surface area contributed by atoms with Gasteiger partial charge in [-0.15, -0.1) is 0 Å². The molecule has 21 heavy (non-hydrogen) atoms. The maximum atomic E-state index is 11.8. The van der Waals surface area contributed by atoms with Crippen LogP contribution >= 0.6 is 0 Å². The Kier molecular flexibility index (Phi) is 5.82. The number of pyridine rings is 1. The highest BCUT2D eigenvalue weighted by atomic mass is 16.5. The summed E-state index contributed by atoms with van der Waals surface area (Å²) >= 11 is 0. The zero-order valence-electron chi connectivity index (χ0n) is 11.2. The Hall–Kier alpha value is -2.95.